The van der Waals surface area contributed by atoms with Crippen molar-refractivity contribution in [3.05, 3.63) is 65.4 Å². The highest BCUT2D eigenvalue weighted by molar-refractivity contribution is 5.94. The summed E-state index contributed by atoms with van der Waals surface area (Å²) in [7, 11) is 1.67. The predicted octanol–water partition coefficient (Wildman–Crippen LogP) is 3.11. The van der Waals surface area contributed by atoms with Crippen molar-refractivity contribution in [1.82, 2.24) is 9.99 Å². The van der Waals surface area contributed by atoms with Crippen LogP contribution >= 0.6 is 0 Å². The molecule has 0 saturated heterocycles. The van der Waals surface area contributed by atoms with Gasteiger partial charge in [0.2, 0.25) is 5.91 Å². The van der Waals surface area contributed by atoms with E-state index in [4.69, 9.17) is 10.6 Å². The van der Waals surface area contributed by atoms with Crippen LogP contribution in [-0.2, 0) is 17.8 Å². The van der Waals surface area contributed by atoms with E-state index in [1.807, 2.05) is 18.2 Å². The van der Waals surface area contributed by atoms with Gasteiger partial charge in [0.05, 0.1) is 13.0 Å². The van der Waals surface area contributed by atoms with Gasteiger partial charge in [0.15, 0.2) is 0 Å². The molecule has 0 aliphatic heterocycles. The van der Waals surface area contributed by atoms with Crippen LogP contribution in [0, 0.1) is 0 Å². The molecule has 0 spiro atoms. The number of nitrogens with zero attached hydrogens (tertiary/aromatic N) is 1. The molecule has 26 heavy (non-hydrogen) atoms. The Hall–Kier alpha value is -2.79. The maximum Gasteiger partial charge on any atom is 0.241 e. The molecule has 1 aliphatic rings. The molecule has 1 aromatic heterocycles. The van der Waals surface area contributed by atoms with Crippen molar-refractivity contribution in [1.29, 1.82) is 0 Å². The van der Waals surface area contributed by atoms with E-state index >= 15 is 0 Å². The largest absolute Gasteiger partial charge is 0.497 e. The fourth-order valence-electron chi connectivity index (χ4n) is 4.13. The van der Waals surface area contributed by atoms with Gasteiger partial charge in [-0.05, 0) is 48.6 Å². The Morgan fingerprint density at radius 3 is 2.81 bits per heavy atom. The van der Waals surface area contributed by atoms with Crippen molar-refractivity contribution in [3.8, 4) is 5.75 Å². The van der Waals surface area contributed by atoms with Crippen LogP contribution in [0.3, 0.4) is 0 Å². The van der Waals surface area contributed by atoms with Crippen LogP contribution in [-0.4, -0.2) is 17.6 Å². The Balaban J connectivity index is 1.93. The third-order valence-corrected chi connectivity index (χ3v) is 5.32. The second-order valence-electron chi connectivity index (χ2n) is 6.77. The molecule has 5 nitrogen and oxygen atoms in total. The molecule has 134 valence electrons. The SMILES string of the molecule is COc1ccc2c(c1)c1c(n2Cc2ccccc2)CCCC1C(=O)NN. The molecule has 0 radical (unpaired) electrons. The highest BCUT2D eigenvalue weighted by Gasteiger charge is 2.31. The van der Waals surface area contributed by atoms with Crippen molar-refractivity contribution in [3.63, 3.8) is 0 Å². The van der Waals surface area contributed by atoms with Crippen molar-refractivity contribution < 1.29 is 9.53 Å². The van der Waals surface area contributed by atoms with Crippen molar-refractivity contribution in [2.24, 2.45) is 5.84 Å². The minimum Gasteiger partial charge on any atom is -0.497 e. The zero-order chi connectivity index (χ0) is 18.1. The molecule has 0 fully saturated rings. The number of carbonyl (C=O) groups is 1. The summed E-state index contributed by atoms with van der Waals surface area (Å²) in [6.07, 6.45) is 2.76. The van der Waals surface area contributed by atoms with Gasteiger partial charge in [0.1, 0.15) is 5.75 Å². The number of ether oxygens (including phenoxy) is 1. The molecular weight excluding hydrogens is 326 g/mol. The summed E-state index contributed by atoms with van der Waals surface area (Å²) in [5.74, 6) is 5.93. The number of benzene rings is 2. The molecule has 3 aromatic rings. The fraction of sp³-hybridized carbons (Fsp3) is 0.286. The minimum absolute atomic E-state index is 0.118. The number of methoxy groups -OCH3 is 1. The van der Waals surface area contributed by atoms with E-state index in [2.05, 4.69) is 40.3 Å². The predicted molar refractivity (Wildman–Crippen MR) is 102 cm³/mol. The number of nitrogens with one attached hydrogen (secondary N) is 1. The number of fused-ring (bicyclic) bond motifs is 3. The summed E-state index contributed by atoms with van der Waals surface area (Å²) >= 11 is 0. The number of carbonyl (C=O) groups excluding carboxylic acids is 1. The quantitative estimate of drug-likeness (QED) is 0.432. The second kappa shape index (κ2) is 6.84. The van der Waals surface area contributed by atoms with E-state index in [0.717, 1.165) is 48.0 Å². The first-order chi connectivity index (χ1) is 12.7. The van der Waals surface area contributed by atoms with E-state index in [9.17, 15) is 4.79 Å². The summed E-state index contributed by atoms with van der Waals surface area (Å²) in [5, 5.41) is 1.09. The molecule has 1 aliphatic carbocycles. The van der Waals surface area contributed by atoms with Crippen LogP contribution in [0.15, 0.2) is 48.5 Å². The summed E-state index contributed by atoms with van der Waals surface area (Å²) in [5.41, 5.74) is 7.06. The van der Waals surface area contributed by atoms with E-state index in [-0.39, 0.29) is 11.8 Å². The second-order valence-corrected chi connectivity index (χ2v) is 6.77. The molecule has 2 aromatic carbocycles. The number of hydrazine groups is 1. The molecule has 0 saturated carbocycles. The van der Waals surface area contributed by atoms with Crippen LogP contribution < -0.4 is 16.0 Å². The topological polar surface area (TPSA) is 69.3 Å². The smallest absolute Gasteiger partial charge is 0.241 e. The molecule has 1 unspecified atom stereocenters. The standard InChI is InChI=1S/C21H23N3O2/c1-26-15-10-11-18-17(12-15)20-16(21(25)23-22)8-5-9-19(20)24(18)13-14-6-3-2-4-7-14/h2-4,6-7,10-12,16H,5,8-9,13,22H2,1H3,(H,23,25). The Bertz CT molecular complexity index is 947. The van der Waals surface area contributed by atoms with Crippen LogP contribution in [0.4, 0.5) is 0 Å². The van der Waals surface area contributed by atoms with Gasteiger partial charge in [-0.25, -0.2) is 5.84 Å². The Morgan fingerprint density at radius 2 is 2.08 bits per heavy atom. The molecule has 1 atom stereocenters. The van der Waals surface area contributed by atoms with E-state index < -0.39 is 0 Å². The van der Waals surface area contributed by atoms with Gasteiger partial charge in [0, 0.05) is 23.1 Å². The van der Waals surface area contributed by atoms with Gasteiger partial charge in [-0.3, -0.25) is 10.2 Å². The lowest BCUT2D eigenvalue weighted by atomic mass is 9.84. The van der Waals surface area contributed by atoms with Gasteiger partial charge in [-0.15, -0.1) is 0 Å². The number of aromatic nitrogens is 1. The number of hydrogen-bond donors (Lipinski definition) is 2. The molecular formula is C21H23N3O2. The third-order valence-electron chi connectivity index (χ3n) is 5.32. The summed E-state index contributed by atoms with van der Waals surface area (Å²) < 4.78 is 7.77. The third kappa shape index (κ3) is 2.74. The minimum atomic E-state index is -0.213. The Kier molecular flexibility index (Phi) is 4.39. The zero-order valence-corrected chi connectivity index (χ0v) is 14.9. The average molecular weight is 349 g/mol. The van der Waals surface area contributed by atoms with E-state index in [0.29, 0.717) is 0 Å². The Labute approximate surface area is 152 Å². The monoisotopic (exact) mass is 349 g/mol. The first-order valence-electron chi connectivity index (χ1n) is 8.96. The lowest BCUT2D eigenvalue weighted by Gasteiger charge is -2.23. The van der Waals surface area contributed by atoms with Crippen molar-refractivity contribution in [2.45, 2.75) is 31.7 Å². The van der Waals surface area contributed by atoms with Gasteiger partial charge in [0.25, 0.3) is 0 Å². The number of rotatable bonds is 4. The zero-order valence-electron chi connectivity index (χ0n) is 14.9. The highest BCUT2D eigenvalue weighted by atomic mass is 16.5. The summed E-state index contributed by atoms with van der Waals surface area (Å²) in [6, 6.07) is 16.5. The van der Waals surface area contributed by atoms with Crippen LogP contribution in [0.1, 0.15) is 35.6 Å². The molecule has 1 amide bonds. The van der Waals surface area contributed by atoms with Crippen LogP contribution in [0.25, 0.3) is 10.9 Å². The highest BCUT2D eigenvalue weighted by Crippen LogP contribution is 2.40. The van der Waals surface area contributed by atoms with Crippen LogP contribution in [0.2, 0.25) is 0 Å². The molecule has 0 bridgehead atoms. The lowest BCUT2D eigenvalue weighted by Crippen LogP contribution is -2.36. The van der Waals surface area contributed by atoms with Crippen molar-refractivity contribution in [2.75, 3.05) is 7.11 Å². The molecule has 1 heterocycles. The summed E-state index contributed by atoms with van der Waals surface area (Å²) in [4.78, 5) is 12.4. The summed E-state index contributed by atoms with van der Waals surface area (Å²) in [6.45, 7) is 0.788. The van der Waals surface area contributed by atoms with Gasteiger partial charge < -0.3 is 9.30 Å². The van der Waals surface area contributed by atoms with Gasteiger partial charge in [-0.1, -0.05) is 30.3 Å². The van der Waals surface area contributed by atoms with Gasteiger partial charge in [-0.2, -0.15) is 0 Å². The Morgan fingerprint density at radius 1 is 1.27 bits per heavy atom. The molecule has 4 rings (SSSR count). The van der Waals surface area contributed by atoms with Crippen molar-refractivity contribution >= 4 is 16.8 Å². The number of nitrogens with two attached hydrogens (primary N) is 1. The number of amides is 1. The van der Waals surface area contributed by atoms with E-state index in [1.54, 1.807) is 7.11 Å². The average Bonchev–Trinajstić information content (AvgIpc) is 3.01. The first kappa shape index (κ1) is 16.7. The van der Waals surface area contributed by atoms with Crippen LogP contribution in [0.5, 0.6) is 5.75 Å². The number of hydrogen-bond acceptors (Lipinski definition) is 3. The van der Waals surface area contributed by atoms with Gasteiger partial charge >= 0.3 is 0 Å². The van der Waals surface area contributed by atoms with E-state index in [1.165, 1.54) is 11.3 Å². The normalized spacial score (nSPS) is 16.3. The maximum absolute atomic E-state index is 12.4. The fourth-order valence-corrected chi connectivity index (χ4v) is 4.13. The maximum atomic E-state index is 12.4. The lowest BCUT2D eigenvalue weighted by molar-refractivity contribution is -0.122. The molecule has 5 heteroatoms. The first-order valence-corrected chi connectivity index (χ1v) is 8.96. The molecule has 3 N–H and O–H groups in total.